The van der Waals surface area contributed by atoms with Crippen molar-refractivity contribution in [3.8, 4) is 0 Å². The van der Waals surface area contributed by atoms with Crippen LogP contribution in [0.25, 0.3) is 10.1 Å². The molecule has 0 saturated carbocycles. The van der Waals surface area contributed by atoms with E-state index in [1.165, 1.54) is 12.1 Å². The number of nitro groups is 1. The summed E-state index contributed by atoms with van der Waals surface area (Å²) in [6.07, 6.45) is 0. The topological polar surface area (TPSA) is 80.4 Å². The van der Waals surface area contributed by atoms with Crippen LogP contribution < -0.4 is 0 Å². The van der Waals surface area contributed by atoms with Crippen LogP contribution in [0.4, 0.5) is 5.69 Å². The second kappa shape index (κ2) is 3.69. The minimum Gasteiger partial charge on any atom is -0.302 e. The van der Waals surface area contributed by atoms with Crippen LogP contribution in [-0.4, -0.2) is 13.7 Å². The highest BCUT2D eigenvalue weighted by atomic mass is 32.2. The van der Waals surface area contributed by atoms with E-state index in [2.05, 4.69) is 0 Å². The monoisotopic (exact) mass is 243 g/mol. The number of hydrogen-bond acceptors (Lipinski definition) is 4. The van der Waals surface area contributed by atoms with Crippen LogP contribution in [0, 0.1) is 10.1 Å². The van der Waals surface area contributed by atoms with Gasteiger partial charge in [0.05, 0.1) is 4.92 Å². The van der Waals surface area contributed by atoms with E-state index in [4.69, 9.17) is 4.55 Å². The van der Waals surface area contributed by atoms with Gasteiger partial charge in [0, 0.05) is 11.5 Å². The lowest BCUT2D eigenvalue weighted by atomic mass is 10.2. The average molecular weight is 243 g/mol. The summed E-state index contributed by atoms with van der Waals surface area (Å²) in [5.74, 6) is 0. The first-order valence-corrected chi connectivity index (χ1v) is 5.79. The summed E-state index contributed by atoms with van der Waals surface area (Å²) in [6, 6.07) is 6.10. The first kappa shape index (κ1) is 10.2. The molecule has 1 unspecified atom stereocenters. The van der Waals surface area contributed by atoms with Gasteiger partial charge >= 0.3 is 0 Å². The molecule has 1 aromatic heterocycles. The number of rotatable bonds is 2. The molecule has 0 aliphatic rings. The Morgan fingerprint density at radius 2 is 2.20 bits per heavy atom. The maximum absolute atomic E-state index is 10.8. The first-order chi connectivity index (χ1) is 7.09. The molecule has 0 spiro atoms. The molecule has 15 heavy (non-hydrogen) atoms. The van der Waals surface area contributed by atoms with Crippen LogP contribution in [0.3, 0.4) is 0 Å². The zero-order chi connectivity index (χ0) is 11.0. The maximum Gasteiger partial charge on any atom is 0.287 e. The fourth-order valence-corrected chi connectivity index (χ4v) is 2.90. The summed E-state index contributed by atoms with van der Waals surface area (Å²) < 4.78 is 20.3. The van der Waals surface area contributed by atoms with Gasteiger partial charge in [0.15, 0.2) is 11.1 Å². The number of nitrogens with zero attached hydrogens (tertiary/aromatic N) is 1. The number of fused-ring (bicyclic) bond motifs is 1. The summed E-state index contributed by atoms with van der Waals surface area (Å²) in [5.41, 5.74) is -0.0331. The summed E-state index contributed by atoms with van der Waals surface area (Å²) in [4.78, 5) is 10.2. The number of nitro benzene ring substituents is 1. The standard InChI is InChI=1S/C8H5NO4S2/c10-9(11)6-3-1-2-5-4-7(15(12)13)14-8(5)6/h1-4H,(H,12,13). The highest BCUT2D eigenvalue weighted by Crippen LogP contribution is 2.34. The number of thiophene rings is 1. The number of hydrogen-bond donors (Lipinski definition) is 1. The van der Waals surface area contributed by atoms with E-state index >= 15 is 0 Å². The van der Waals surface area contributed by atoms with Gasteiger partial charge in [-0.2, -0.15) is 0 Å². The van der Waals surface area contributed by atoms with Gasteiger partial charge in [-0.3, -0.25) is 10.1 Å². The molecular formula is C8H5NO4S2. The van der Waals surface area contributed by atoms with E-state index in [0.717, 1.165) is 11.3 Å². The molecule has 0 aliphatic carbocycles. The van der Waals surface area contributed by atoms with Crippen LogP contribution >= 0.6 is 11.3 Å². The Balaban J connectivity index is 2.75. The van der Waals surface area contributed by atoms with Crippen LogP contribution in [0.1, 0.15) is 0 Å². The predicted octanol–water partition coefficient (Wildman–Crippen LogP) is 2.39. The van der Waals surface area contributed by atoms with E-state index in [0.29, 0.717) is 10.1 Å². The number of benzene rings is 1. The molecular weight excluding hydrogens is 238 g/mol. The van der Waals surface area contributed by atoms with Crippen molar-refractivity contribution in [2.45, 2.75) is 4.21 Å². The zero-order valence-corrected chi connectivity index (χ0v) is 8.88. The van der Waals surface area contributed by atoms with E-state index in [-0.39, 0.29) is 9.90 Å². The van der Waals surface area contributed by atoms with Gasteiger partial charge in [0.2, 0.25) is 0 Å². The third kappa shape index (κ3) is 1.76. The van der Waals surface area contributed by atoms with Crippen molar-refractivity contribution in [2.75, 3.05) is 0 Å². The van der Waals surface area contributed by atoms with Crippen LogP contribution in [0.15, 0.2) is 28.5 Å². The van der Waals surface area contributed by atoms with Crippen LogP contribution in [0.5, 0.6) is 0 Å². The van der Waals surface area contributed by atoms with Gasteiger partial charge in [-0.25, -0.2) is 4.21 Å². The Hall–Kier alpha value is -1.31. The van der Waals surface area contributed by atoms with Gasteiger partial charge < -0.3 is 4.55 Å². The molecule has 1 aromatic carbocycles. The first-order valence-electron chi connectivity index (χ1n) is 3.87. The van der Waals surface area contributed by atoms with Gasteiger partial charge in [-0.1, -0.05) is 12.1 Å². The number of non-ortho nitro benzene ring substituents is 1. The summed E-state index contributed by atoms with van der Waals surface area (Å²) in [7, 11) is 0. The normalized spacial score (nSPS) is 12.9. The molecule has 7 heteroatoms. The molecule has 5 nitrogen and oxygen atoms in total. The smallest absolute Gasteiger partial charge is 0.287 e. The summed E-state index contributed by atoms with van der Waals surface area (Å²) in [5, 5.41) is 11.3. The third-order valence-corrected chi connectivity index (χ3v) is 3.98. The average Bonchev–Trinajstić information content (AvgIpc) is 2.60. The molecule has 2 rings (SSSR count). The molecule has 78 valence electrons. The second-order valence-corrected chi connectivity index (χ2v) is 5.02. The SMILES string of the molecule is O=[N+]([O-])c1cccc2cc(S(=O)O)sc12. The van der Waals surface area contributed by atoms with Crippen molar-refractivity contribution >= 4 is 38.2 Å². The van der Waals surface area contributed by atoms with Crippen LogP contribution in [0.2, 0.25) is 0 Å². The minimum absolute atomic E-state index is 0.0331. The van der Waals surface area contributed by atoms with Gasteiger partial charge in [0.1, 0.15) is 8.91 Å². The lowest BCUT2D eigenvalue weighted by Gasteiger charge is -1.91. The van der Waals surface area contributed by atoms with Crippen molar-refractivity contribution in [3.05, 3.63) is 34.4 Å². The summed E-state index contributed by atoms with van der Waals surface area (Å²) >= 11 is -1.12. The lowest BCUT2D eigenvalue weighted by molar-refractivity contribution is -0.382. The van der Waals surface area contributed by atoms with Crippen LogP contribution in [-0.2, 0) is 11.1 Å². The molecule has 0 saturated heterocycles. The molecule has 1 heterocycles. The second-order valence-electron chi connectivity index (χ2n) is 2.77. The highest BCUT2D eigenvalue weighted by molar-refractivity contribution is 7.82. The maximum atomic E-state index is 10.8. The Bertz CT molecular complexity index is 563. The molecule has 0 amide bonds. The van der Waals surface area contributed by atoms with E-state index in [1.54, 1.807) is 12.1 Å². The molecule has 0 bridgehead atoms. The molecule has 0 radical (unpaired) electrons. The van der Waals surface area contributed by atoms with E-state index in [1.807, 2.05) is 0 Å². The minimum atomic E-state index is -2.09. The molecule has 0 fully saturated rings. The van der Waals surface area contributed by atoms with Crippen molar-refractivity contribution in [1.29, 1.82) is 0 Å². The third-order valence-electron chi connectivity index (χ3n) is 1.87. The molecule has 2 aromatic rings. The van der Waals surface area contributed by atoms with Gasteiger partial charge in [-0.05, 0) is 6.07 Å². The van der Waals surface area contributed by atoms with Gasteiger partial charge in [-0.15, -0.1) is 11.3 Å². The Labute approximate surface area is 90.8 Å². The van der Waals surface area contributed by atoms with E-state index < -0.39 is 16.0 Å². The largest absolute Gasteiger partial charge is 0.302 e. The molecule has 1 atom stereocenters. The highest BCUT2D eigenvalue weighted by Gasteiger charge is 2.15. The molecule has 0 aliphatic heterocycles. The molecule has 1 N–H and O–H groups in total. The fourth-order valence-electron chi connectivity index (χ4n) is 1.25. The quantitative estimate of drug-likeness (QED) is 0.499. The lowest BCUT2D eigenvalue weighted by Crippen LogP contribution is -1.86. The van der Waals surface area contributed by atoms with E-state index in [9.17, 15) is 14.3 Å². The fraction of sp³-hybridized carbons (Fsp3) is 0. The van der Waals surface area contributed by atoms with Crippen molar-refractivity contribution in [1.82, 2.24) is 0 Å². The Morgan fingerprint density at radius 3 is 2.80 bits per heavy atom. The Kier molecular flexibility index (Phi) is 2.51. The Morgan fingerprint density at radius 1 is 1.47 bits per heavy atom. The summed E-state index contributed by atoms with van der Waals surface area (Å²) in [6.45, 7) is 0. The zero-order valence-electron chi connectivity index (χ0n) is 7.25. The van der Waals surface area contributed by atoms with Gasteiger partial charge in [0.25, 0.3) is 5.69 Å². The predicted molar refractivity (Wildman–Crippen MR) is 57.5 cm³/mol. The van der Waals surface area contributed by atoms with Crippen molar-refractivity contribution < 1.29 is 13.7 Å². The van der Waals surface area contributed by atoms with Crippen molar-refractivity contribution in [3.63, 3.8) is 0 Å². The van der Waals surface area contributed by atoms with Crippen molar-refractivity contribution in [2.24, 2.45) is 0 Å².